The fraction of sp³-hybridized carbons (Fsp3) is 0.375. The van der Waals surface area contributed by atoms with Crippen LogP contribution < -0.4 is 29.6 Å². The maximum atomic E-state index is 9.68. The van der Waals surface area contributed by atoms with Crippen molar-refractivity contribution in [1.82, 2.24) is 4.98 Å². The predicted molar refractivity (Wildman–Crippen MR) is 49.1 cm³/mol. The standard InChI is InChI=1S/C5H5N.C3H8O3S.Na/c1-2-4-6-5-3-1;1-2-3-7(4,5)6;/h1-5H;2-3H2,1H3,(H,4,5,6);/q;;+1/p-1. The van der Waals surface area contributed by atoms with Crippen LogP contribution >= 0.6 is 0 Å². The number of hydrogen-bond acceptors (Lipinski definition) is 4. The van der Waals surface area contributed by atoms with E-state index in [1.165, 1.54) is 0 Å². The second kappa shape index (κ2) is 9.61. The summed E-state index contributed by atoms with van der Waals surface area (Å²) in [6.45, 7) is 1.65. The Kier molecular flexibility index (Phi) is 11.3. The molecule has 0 spiro atoms. The average molecular weight is 225 g/mol. The first-order valence-corrected chi connectivity index (χ1v) is 5.42. The van der Waals surface area contributed by atoms with Crippen molar-refractivity contribution in [2.45, 2.75) is 13.3 Å². The van der Waals surface area contributed by atoms with Crippen LogP contribution in [0.15, 0.2) is 30.6 Å². The van der Waals surface area contributed by atoms with Gasteiger partial charge in [0, 0.05) is 18.1 Å². The zero-order chi connectivity index (χ0) is 10.2. The molecule has 1 aromatic rings. The molecule has 0 fully saturated rings. The molecule has 6 heteroatoms. The molecule has 0 aliphatic heterocycles. The van der Waals surface area contributed by atoms with Gasteiger partial charge in [-0.25, -0.2) is 8.42 Å². The molecule has 0 radical (unpaired) electrons. The molecule has 1 rings (SSSR count). The zero-order valence-corrected chi connectivity index (χ0v) is 11.2. The monoisotopic (exact) mass is 225 g/mol. The number of aromatic nitrogens is 1. The molecule has 0 N–H and O–H groups in total. The van der Waals surface area contributed by atoms with Crippen LogP contribution in [0, 0.1) is 0 Å². The first-order valence-electron chi connectivity index (χ1n) is 3.85. The largest absolute Gasteiger partial charge is 1.00 e. The summed E-state index contributed by atoms with van der Waals surface area (Å²) in [6, 6.07) is 5.72. The molecule has 0 aliphatic rings. The fourth-order valence-electron chi connectivity index (χ4n) is 0.563. The van der Waals surface area contributed by atoms with Crippen LogP contribution in [-0.4, -0.2) is 23.7 Å². The molecule has 0 aromatic carbocycles. The third-order valence-corrected chi connectivity index (χ3v) is 1.93. The van der Waals surface area contributed by atoms with Gasteiger partial charge >= 0.3 is 29.6 Å². The summed E-state index contributed by atoms with van der Waals surface area (Å²) >= 11 is 0. The number of nitrogens with zero attached hydrogens (tertiary/aromatic N) is 1. The van der Waals surface area contributed by atoms with Gasteiger partial charge in [0.1, 0.15) is 0 Å². The Bertz CT molecular complexity index is 275. The molecule has 0 aliphatic carbocycles. The van der Waals surface area contributed by atoms with Gasteiger partial charge in [-0.3, -0.25) is 4.98 Å². The van der Waals surface area contributed by atoms with E-state index in [4.69, 9.17) is 0 Å². The van der Waals surface area contributed by atoms with E-state index in [1.807, 2.05) is 18.2 Å². The van der Waals surface area contributed by atoms with E-state index in [9.17, 15) is 13.0 Å². The SMILES string of the molecule is CCCS(=O)(=O)[O-].[Na+].c1ccncc1. The van der Waals surface area contributed by atoms with Gasteiger partial charge in [0.25, 0.3) is 0 Å². The Morgan fingerprint density at radius 3 is 1.79 bits per heavy atom. The van der Waals surface area contributed by atoms with Crippen molar-refractivity contribution < 1.29 is 42.5 Å². The van der Waals surface area contributed by atoms with Gasteiger partial charge in [-0.05, 0) is 18.6 Å². The molecule has 0 bridgehead atoms. The minimum atomic E-state index is -3.92. The van der Waals surface area contributed by atoms with E-state index >= 15 is 0 Å². The molecule has 1 aromatic heterocycles. The first kappa shape index (κ1) is 16.5. The summed E-state index contributed by atoms with van der Waals surface area (Å²) in [5.41, 5.74) is 0. The van der Waals surface area contributed by atoms with E-state index in [2.05, 4.69) is 4.98 Å². The molecule has 14 heavy (non-hydrogen) atoms. The van der Waals surface area contributed by atoms with E-state index in [-0.39, 0.29) is 35.3 Å². The van der Waals surface area contributed by atoms with Crippen molar-refractivity contribution in [2.24, 2.45) is 0 Å². The van der Waals surface area contributed by atoms with Gasteiger partial charge in [-0.2, -0.15) is 0 Å². The van der Waals surface area contributed by atoms with Crippen LogP contribution in [0.1, 0.15) is 13.3 Å². The van der Waals surface area contributed by atoms with E-state index in [0.29, 0.717) is 6.42 Å². The summed E-state index contributed by atoms with van der Waals surface area (Å²) in [4.78, 5) is 3.78. The topological polar surface area (TPSA) is 70.1 Å². The minimum Gasteiger partial charge on any atom is -0.748 e. The summed E-state index contributed by atoms with van der Waals surface area (Å²) < 4.78 is 29.0. The molecule has 0 atom stereocenters. The summed E-state index contributed by atoms with van der Waals surface area (Å²) in [5, 5.41) is 0. The van der Waals surface area contributed by atoms with E-state index in [1.54, 1.807) is 19.3 Å². The first-order chi connectivity index (χ1) is 6.06. The summed E-state index contributed by atoms with van der Waals surface area (Å²) in [6.07, 6.45) is 3.91. The molecule has 0 unspecified atom stereocenters. The van der Waals surface area contributed by atoms with Crippen LogP contribution in [0.25, 0.3) is 0 Å². The number of hydrogen-bond donors (Lipinski definition) is 0. The van der Waals surface area contributed by atoms with Crippen LogP contribution in [0.3, 0.4) is 0 Å². The van der Waals surface area contributed by atoms with Crippen molar-refractivity contribution in [3.8, 4) is 0 Å². The van der Waals surface area contributed by atoms with Gasteiger partial charge < -0.3 is 4.55 Å². The Morgan fingerprint density at radius 1 is 1.21 bits per heavy atom. The normalized spacial score (nSPS) is 9.29. The Labute approximate surface area is 107 Å². The smallest absolute Gasteiger partial charge is 0.748 e. The van der Waals surface area contributed by atoms with Gasteiger partial charge in [0.2, 0.25) is 0 Å². The second-order valence-corrected chi connectivity index (χ2v) is 3.81. The Hall–Kier alpha value is 0.0600. The van der Waals surface area contributed by atoms with Crippen molar-refractivity contribution >= 4 is 10.1 Å². The third kappa shape index (κ3) is 14.6. The van der Waals surface area contributed by atoms with Crippen molar-refractivity contribution in [1.29, 1.82) is 0 Å². The number of rotatable bonds is 2. The van der Waals surface area contributed by atoms with Crippen LogP contribution in [0.5, 0.6) is 0 Å². The molecule has 0 amide bonds. The van der Waals surface area contributed by atoms with E-state index in [0.717, 1.165) is 0 Å². The van der Waals surface area contributed by atoms with Crippen LogP contribution in [0.2, 0.25) is 0 Å². The van der Waals surface area contributed by atoms with Crippen molar-refractivity contribution in [3.05, 3.63) is 30.6 Å². The van der Waals surface area contributed by atoms with Gasteiger partial charge in [-0.1, -0.05) is 13.0 Å². The second-order valence-electron chi connectivity index (χ2n) is 2.29. The number of pyridine rings is 1. The van der Waals surface area contributed by atoms with Gasteiger partial charge in [0.05, 0.1) is 10.1 Å². The maximum absolute atomic E-state index is 9.68. The van der Waals surface area contributed by atoms with Gasteiger partial charge in [-0.15, -0.1) is 0 Å². The molecule has 4 nitrogen and oxygen atoms in total. The maximum Gasteiger partial charge on any atom is 1.00 e. The fourth-order valence-corrected chi connectivity index (χ4v) is 1.06. The average Bonchev–Trinajstić information content (AvgIpc) is 2.06. The third-order valence-electron chi connectivity index (χ3n) is 1.02. The van der Waals surface area contributed by atoms with Crippen molar-refractivity contribution in [2.75, 3.05) is 5.75 Å². The zero-order valence-electron chi connectivity index (χ0n) is 8.38. The van der Waals surface area contributed by atoms with Crippen molar-refractivity contribution in [3.63, 3.8) is 0 Å². The Morgan fingerprint density at radius 2 is 1.71 bits per heavy atom. The van der Waals surface area contributed by atoms with E-state index < -0.39 is 10.1 Å². The molecular formula is C8H12NNaO3S. The minimum absolute atomic E-state index is 0. The van der Waals surface area contributed by atoms with Crippen LogP contribution in [-0.2, 0) is 10.1 Å². The molecule has 1 heterocycles. The van der Waals surface area contributed by atoms with Crippen LogP contribution in [0.4, 0.5) is 0 Å². The Balaban J connectivity index is 0. The predicted octanol–water partition coefficient (Wildman–Crippen LogP) is -1.97. The molecule has 74 valence electrons. The quantitative estimate of drug-likeness (QED) is 0.432. The molecule has 0 saturated carbocycles. The summed E-state index contributed by atoms with van der Waals surface area (Å²) in [5.74, 6) is -0.243. The van der Waals surface area contributed by atoms with Gasteiger partial charge in [0.15, 0.2) is 0 Å². The summed E-state index contributed by atoms with van der Waals surface area (Å²) in [7, 11) is -3.92. The molecular weight excluding hydrogens is 213 g/mol. The molecule has 0 saturated heterocycles.